The van der Waals surface area contributed by atoms with Gasteiger partial charge >= 0.3 is 0 Å². The van der Waals surface area contributed by atoms with Crippen molar-refractivity contribution in [1.29, 1.82) is 0 Å². The number of aryl methyl sites for hydroxylation is 1. The molecule has 2 aromatic carbocycles. The highest BCUT2D eigenvalue weighted by Gasteiger charge is 2.34. The Kier molecular flexibility index (Phi) is 9.15. The van der Waals surface area contributed by atoms with Crippen molar-refractivity contribution in [2.75, 3.05) is 19.8 Å². The molecule has 3 aromatic rings. The van der Waals surface area contributed by atoms with Gasteiger partial charge in [-0.15, -0.1) is 0 Å². The number of aliphatic hydroxyl groups excluding tert-OH is 1. The summed E-state index contributed by atoms with van der Waals surface area (Å²) in [6, 6.07) is 6.62. The van der Waals surface area contributed by atoms with Gasteiger partial charge in [-0.1, -0.05) is 25.1 Å². The Labute approximate surface area is 221 Å². The Morgan fingerprint density at radius 1 is 1.26 bits per heavy atom. The lowest BCUT2D eigenvalue weighted by atomic mass is 10.1. The molecule has 1 aromatic heterocycles. The molecule has 1 fully saturated rings. The summed E-state index contributed by atoms with van der Waals surface area (Å²) in [5.41, 5.74) is 0.422. The molecule has 2 amide bonds. The van der Waals surface area contributed by atoms with Crippen molar-refractivity contribution < 1.29 is 33.1 Å². The standard InChI is InChI=1S/C24H21ClF2N4O6.CH4/c1-13-2-3-14(21(33)29-18-11-37-31(6-7-32)23(18)34)8-19(13)30-12-28-22(20(25)24(30)35)36-10-15-4-5-16(26)9-17(15)27;/h2-5,8-9,12,18,32H,6-7,10-11H2,1H3,(H,29,33);1H4/t18-;/m1./s1. The van der Waals surface area contributed by atoms with Gasteiger partial charge in [0.25, 0.3) is 17.4 Å². The van der Waals surface area contributed by atoms with E-state index in [4.69, 9.17) is 26.3 Å². The Balaban J connectivity index is 0.00000400. The van der Waals surface area contributed by atoms with Crippen molar-refractivity contribution >= 4 is 23.4 Å². The van der Waals surface area contributed by atoms with E-state index in [1.807, 2.05) is 0 Å². The maximum absolute atomic E-state index is 13.9. The topological polar surface area (TPSA) is 123 Å². The first kappa shape index (κ1) is 28.7. The Bertz CT molecular complexity index is 1420. The number of halogens is 3. The molecule has 0 unspecified atom stereocenters. The fourth-order valence-corrected chi connectivity index (χ4v) is 3.76. The number of rotatable bonds is 8. The predicted molar refractivity (Wildman–Crippen MR) is 133 cm³/mol. The lowest BCUT2D eigenvalue weighted by Gasteiger charge is -2.15. The van der Waals surface area contributed by atoms with E-state index >= 15 is 0 Å². The van der Waals surface area contributed by atoms with Crippen LogP contribution in [-0.2, 0) is 16.2 Å². The molecule has 2 N–H and O–H groups in total. The number of carbonyl (C=O) groups excluding carboxylic acids is 2. The number of hydrogen-bond acceptors (Lipinski definition) is 7. The zero-order valence-corrected chi connectivity index (χ0v) is 20.2. The highest BCUT2D eigenvalue weighted by atomic mass is 35.5. The van der Waals surface area contributed by atoms with Crippen LogP contribution in [0.4, 0.5) is 8.78 Å². The fourth-order valence-electron chi connectivity index (χ4n) is 3.57. The summed E-state index contributed by atoms with van der Waals surface area (Å²) in [7, 11) is 0. The summed E-state index contributed by atoms with van der Waals surface area (Å²) in [6.45, 7) is 0.989. The molecule has 202 valence electrons. The van der Waals surface area contributed by atoms with Crippen molar-refractivity contribution in [3.05, 3.63) is 86.4 Å². The molecule has 0 spiro atoms. The molecule has 2 heterocycles. The Morgan fingerprint density at radius 2 is 2.03 bits per heavy atom. The lowest BCUT2D eigenvalue weighted by Crippen LogP contribution is -2.43. The van der Waals surface area contributed by atoms with E-state index in [9.17, 15) is 23.2 Å². The monoisotopic (exact) mass is 550 g/mol. The van der Waals surface area contributed by atoms with Gasteiger partial charge in [-0.3, -0.25) is 23.8 Å². The van der Waals surface area contributed by atoms with Crippen molar-refractivity contribution in [1.82, 2.24) is 19.9 Å². The molecule has 4 rings (SSSR count). The summed E-state index contributed by atoms with van der Waals surface area (Å²) < 4.78 is 33.4. The minimum atomic E-state index is -0.926. The molecule has 38 heavy (non-hydrogen) atoms. The molecule has 1 aliphatic rings. The maximum Gasteiger partial charge on any atom is 0.280 e. The second-order valence-electron chi connectivity index (χ2n) is 8.05. The fraction of sp³-hybridized carbons (Fsp3) is 0.280. The minimum Gasteiger partial charge on any atom is -0.471 e. The highest BCUT2D eigenvalue weighted by Crippen LogP contribution is 2.22. The molecule has 1 saturated heterocycles. The van der Waals surface area contributed by atoms with Crippen LogP contribution in [0.2, 0.25) is 5.02 Å². The normalized spacial score (nSPS) is 14.8. The molecule has 0 radical (unpaired) electrons. The number of β-amino-alcohol motifs (C(OH)–C–C–N with tert-alkyl or cyclic N) is 1. The molecule has 1 atom stereocenters. The van der Waals surface area contributed by atoms with Crippen LogP contribution in [-0.4, -0.2) is 57.3 Å². The first-order valence-electron chi connectivity index (χ1n) is 11.0. The van der Waals surface area contributed by atoms with Crippen LogP contribution in [0.1, 0.15) is 28.9 Å². The van der Waals surface area contributed by atoms with Crippen LogP contribution in [0.25, 0.3) is 5.69 Å². The number of aromatic nitrogens is 2. The van der Waals surface area contributed by atoms with Crippen LogP contribution in [0.15, 0.2) is 47.5 Å². The molecule has 10 nitrogen and oxygen atoms in total. The zero-order chi connectivity index (χ0) is 26.7. The van der Waals surface area contributed by atoms with Gasteiger partial charge in [0.2, 0.25) is 5.88 Å². The lowest BCUT2D eigenvalue weighted by molar-refractivity contribution is -0.163. The number of hydrogen-bond donors (Lipinski definition) is 2. The third-order valence-corrected chi connectivity index (χ3v) is 5.87. The Hall–Kier alpha value is -3.87. The van der Waals surface area contributed by atoms with E-state index in [1.165, 1.54) is 18.2 Å². The molecule has 13 heteroatoms. The van der Waals surface area contributed by atoms with Gasteiger partial charge in [0, 0.05) is 17.2 Å². The molecule has 0 aliphatic carbocycles. The molecule has 0 bridgehead atoms. The van der Waals surface area contributed by atoms with Gasteiger partial charge in [0.05, 0.1) is 18.8 Å². The number of ether oxygens (including phenoxy) is 1. The third kappa shape index (κ3) is 5.98. The van der Waals surface area contributed by atoms with Crippen LogP contribution in [0.3, 0.4) is 0 Å². The summed E-state index contributed by atoms with van der Waals surface area (Å²) in [5, 5.41) is 12.1. The average molecular weight is 551 g/mol. The quantitative estimate of drug-likeness (QED) is 0.442. The van der Waals surface area contributed by atoms with Crippen molar-refractivity contribution in [2.45, 2.75) is 27.0 Å². The van der Waals surface area contributed by atoms with Crippen LogP contribution in [0, 0.1) is 18.6 Å². The number of benzene rings is 2. The molecule has 0 saturated carbocycles. The van der Waals surface area contributed by atoms with Gasteiger partial charge in [0.1, 0.15) is 37.2 Å². The van der Waals surface area contributed by atoms with Crippen LogP contribution >= 0.6 is 11.6 Å². The first-order valence-corrected chi connectivity index (χ1v) is 11.4. The number of amides is 2. The molecular weight excluding hydrogens is 526 g/mol. The van der Waals surface area contributed by atoms with E-state index < -0.39 is 35.0 Å². The molecule has 1 aliphatic heterocycles. The van der Waals surface area contributed by atoms with Crippen molar-refractivity contribution in [2.24, 2.45) is 0 Å². The van der Waals surface area contributed by atoms with Gasteiger partial charge in [-0.05, 0) is 36.8 Å². The molecular formula is C25H25ClF2N4O6. The number of hydroxylamine groups is 2. The van der Waals surface area contributed by atoms with Gasteiger partial charge < -0.3 is 15.2 Å². The second-order valence-corrected chi connectivity index (χ2v) is 8.43. The predicted octanol–water partition coefficient (Wildman–Crippen LogP) is 2.55. The smallest absolute Gasteiger partial charge is 0.280 e. The van der Waals surface area contributed by atoms with E-state index in [2.05, 4.69) is 10.3 Å². The summed E-state index contributed by atoms with van der Waals surface area (Å²) in [5.74, 6) is -2.87. The summed E-state index contributed by atoms with van der Waals surface area (Å²) >= 11 is 6.18. The number of nitrogens with zero attached hydrogens (tertiary/aromatic N) is 3. The largest absolute Gasteiger partial charge is 0.471 e. The van der Waals surface area contributed by atoms with Gasteiger partial charge in [-0.2, -0.15) is 0 Å². The van der Waals surface area contributed by atoms with E-state index in [0.717, 1.165) is 22.0 Å². The average Bonchev–Trinajstić information content (AvgIpc) is 3.20. The second kappa shape index (κ2) is 12.1. The van der Waals surface area contributed by atoms with Gasteiger partial charge in [0.15, 0.2) is 5.02 Å². The van der Waals surface area contributed by atoms with E-state index in [1.54, 1.807) is 13.0 Å². The summed E-state index contributed by atoms with van der Waals surface area (Å²) in [6.07, 6.45) is 1.15. The minimum absolute atomic E-state index is 0. The SMILES string of the molecule is C.Cc1ccc(C(=O)N[C@@H]2CON(CCO)C2=O)cc1-n1cnc(OCc2ccc(F)cc2F)c(Cl)c1=O. The van der Waals surface area contributed by atoms with Crippen molar-refractivity contribution in [3.8, 4) is 11.6 Å². The van der Waals surface area contributed by atoms with E-state index in [0.29, 0.717) is 17.3 Å². The Morgan fingerprint density at radius 3 is 2.74 bits per heavy atom. The highest BCUT2D eigenvalue weighted by molar-refractivity contribution is 6.31. The third-order valence-electron chi connectivity index (χ3n) is 5.54. The first-order chi connectivity index (χ1) is 17.7. The zero-order valence-electron chi connectivity index (χ0n) is 19.4. The van der Waals surface area contributed by atoms with Crippen LogP contribution in [0.5, 0.6) is 5.88 Å². The van der Waals surface area contributed by atoms with E-state index in [-0.39, 0.29) is 55.8 Å². The van der Waals surface area contributed by atoms with Crippen LogP contribution < -0.4 is 15.6 Å². The number of carbonyl (C=O) groups is 2. The number of aliphatic hydroxyl groups is 1. The number of nitrogens with one attached hydrogen (secondary N) is 1. The van der Waals surface area contributed by atoms with Crippen molar-refractivity contribution in [3.63, 3.8) is 0 Å². The van der Waals surface area contributed by atoms with Gasteiger partial charge in [-0.25, -0.2) is 18.8 Å². The maximum atomic E-state index is 13.9. The summed E-state index contributed by atoms with van der Waals surface area (Å²) in [4.78, 5) is 47.2.